The molecule has 154 valence electrons. The third kappa shape index (κ3) is 6.81. The molecule has 0 radical (unpaired) electrons. The lowest BCUT2D eigenvalue weighted by molar-refractivity contribution is -0.938. The smallest absolute Gasteiger partial charge is 0.218 e. The topological polar surface area (TPSA) is 110 Å². The van der Waals surface area contributed by atoms with E-state index in [1.165, 1.54) is 0 Å². The average Bonchev–Trinajstić information content (AvgIpc) is 2.60. The van der Waals surface area contributed by atoms with Crippen LogP contribution in [0, 0.1) is 5.21 Å². The summed E-state index contributed by atoms with van der Waals surface area (Å²) in [6.45, 7) is 1.99. The quantitative estimate of drug-likeness (QED) is 0.201. The summed E-state index contributed by atoms with van der Waals surface area (Å²) in [5.41, 5.74) is 1.47. The highest BCUT2D eigenvalue weighted by Gasteiger charge is 2.37. The van der Waals surface area contributed by atoms with Gasteiger partial charge in [-0.15, -0.1) is 0 Å². The highest BCUT2D eigenvalue weighted by Crippen LogP contribution is 2.34. The van der Waals surface area contributed by atoms with Gasteiger partial charge in [0.05, 0.1) is 6.54 Å². The first-order chi connectivity index (χ1) is 12.7. The molecule has 0 aromatic heterocycles. The van der Waals surface area contributed by atoms with E-state index in [1.807, 2.05) is 12.1 Å². The number of aliphatic hydroxyl groups excluding tert-OH is 1. The predicted octanol–water partition coefficient (Wildman–Crippen LogP) is 3.14. The van der Waals surface area contributed by atoms with E-state index in [0.29, 0.717) is 24.8 Å². The maximum absolute atomic E-state index is 13.2. The predicted molar refractivity (Wildman–Crippen MR) is 101 cm³/mol. The first kappa shape index (κ1) is 22.3. The minimum absolute atomic E-state index is 0.118. The van der Waals surface area contributed by atoms with Crippen molar-refractivity contribution in [1.82, 2.24) is 0 Å². The molecule has 0 amide bonds. The molecule has 0 saturated heterocycles. The van der Waals surface area contributed by atoms with Gasteiger partial charge < -0.3 is 19.5 Å². The Bertz CT molecular complexity index is 695. The molecule has 0 bridgehead atoms. The molecule has 27 heavy (non-hydrogen) atoms. The number of unbranched alkanes of at least 4 members (excludes halogenated alkanes) is 5. The van der Waals surface area contributed by atoms with Crippen molar-refractivity contribution in [2.24, 2.45) is 0 Å². The van der Waals surface area contributed by atoms with Gasteiger partial charge in [-0.25, -0.2) is 8.42 Å². The van der Waals surface area contributed by atoms with E-state index < -0.39 is 27.4 Å². The number of hydrogen-bond donors (Lipinski definition) is 1. The van der Waals surface area contributed by atoms with E-state index in [2.05, 4.69) is 11.1 Å². The molecule has 1 aliphatic heterocycles. The van der Waals surface area contributed by atoms with Crippen LogP contribution in [0.4, 0.5) is 0 Å². The van der Waals surface area contributed by atoms with Gasteiger partial charge in [-0.1, -0.05) is 69.7 Å². The maximum atomic E-state index is 13.2. The van der Waals surface area contributed by atoms with Gasteiger partial charge in [-0.3, -0.25) is 4.18 Å². The van der Waals surface area contributed by atoms with Crippen LogP contribution in [0.15, 0.2) is 24.3 Å². The lowest BCUT2D eigenvalue weighted by Crippen LogP contribution is -2.54. The second kappa shape index (κ2) is 9.95. The Morgan fingerprint density at radius 2 is 1.89 bits per heavy atom. The van der Waals surface area contributed by atoms with Crippen LogP contribution in [0.1, 0.15) is 69.2 Å². The molecule has 1 N–H and O–H groups in total. The Hall–Kier alpha value is -1.03. The van der Waals surface area contributed by atoms with Crippen LogP contribution < -0.4 is 0 Å². The van der Waals surface area contributed by atoms with Crippen molar-refractivity contribution >= 4 is 10.4 Å². The number of fused-ring (bicyclic) bond motifs is 1. The zero-order valence-corrected chi connectivity index (χ0v) is 16.7. The van der Waals surface area contributed by atoms with Crippen molar-refractivity contribution in [2.45, 2.75) is 70.6 Å². The number of benzene rings is 1. The molecule has 3 unspecified atom stereocenters. The molecule has 1 aliphatic rings. The van der Waals surface area contributed by atoms with Crippen molar-refractivity contribution < 1.29 is 26.9 Å². The molecule has 0 saturated carbocycles. The normalized spacial score (nSPS) is 23.8. The second-order valence-electron chi connectivity index (χ2n) is 7.36. The van der Waals surface area contributed by atoms with Gasteiger partial charge in [-0.05, 0) is 12.0 Å². The Morgan fingerprint density at radius 3 is 2.59 bits per heavy atom. The molecule has 0 fully saturated rings. The third-order valence-corrected chi connectivity index (χ3v) is 5.69. The van der Waals surface area contributed by atoms with Gasteiger partial charge in [0, 0.05) is 12.0 Å². The van der Waals surface area contributed by atoms with E-state index in [1.54, 1.807) is 12.1 Å². The molecule has 0 aliphatic carbocycles. The summed E-state index contributed by atoms with van der Waals surface area (Å²) in [5.74, 6) is 0. The zero-order chi connectivity index (χ0) is 19.9. The lowest BCUT2D eigenvalue weighted by atomic mass is 9.97. The Morgan fingerprint density at radius 1 is 1.22 bits per heavy atom. The van der Waals surface area contributed by atoms with Crippen molar-refractivity contribution in [2.75, 3.05) is 13.1 Å². The molecule has 8 heteroatoms. The molecule has 7 nitrogen and oxygen atoms in total. The van der Waals surface area contributed by atoms with Gasteiger partial charge in [0.15, 0.2) is 0 Å². The number of rotatable bonds is 11. The van der Waals surface area contributed by atoms with Gasteiger partial charge >= 0.3 is 0 Å². The molecular formula is C19H30NO6S-. The second-order valence-corrected chi connectivity index (χ2v) is 8.37. The summed E-state index contributed by atoms with van der Waals surface area (Å²) < 4.78 is 36.9. The Kier molecular flexibility index (Phi) is 8.20. The number of hydroxylamine groups is 3. The van der Waals surface area contributed by atoms with Crippen LogP contribution in [0.3, 0.4) is 0 Å². The summed E-state index contributed by atoms with van der Waals surface area (Å²) >= 11 is 0. The third-order valence-electron chi connectivity index (χ3n) is 5.18. The van der Waals surface area contributed by atoms with Gasteiger partial charge in [-0.2, -0.15) is 0 Å². The fourth-order valence-electron chi connectivity index (χ4n) is 3.72. The summed E-state index contributed by atoms with van der Waals surface area (Å²) in [6, 6.07) is 7.18. The summed E-state index contributed by atoms with van der Waals surface area (Å²) in [4.78, 5) is 0. The first-order valence-corrected chi connectivity index (χ1v) is 11.1. The molecule has 0 spiro atoms. The molecule has 2 rings (SSSR count). The minimum atomic E-state index is -4.91. The molecule has 1 aromatic carbocycles. The van der Waals surface area contributed by atoms with Gasteiger partial charge in [0.1, 0.15) is 12.6 Å². The molecular weight excluding hydrogens is 370 g/mol. The van der Waals surface area contributed by atoms with E-state index >= 15 is 0 Å². The van der Waals surface area contributed by atoms with Crippen molar-refractivity contribution in [3.63, 3.8) is 0 Å². The van der Waals surface area contributed by atoms with E-state index in [0.717, 1.165) is 37.7 Å². The highest BCUT2D eigenvalue weighted by molar-refractivity contribution is 7.80. The van der Waals surface area contributed by atoms with Gasteiger partial charge in [0.2, 0.25) is 16.6 Å². The first-order valence-electron chi connectivity index (χ1n) is 9.73. The van der Waals surface area contributed by atoms with Crippen LogP contribution in [0.25, 0.3) is 0 Å². The fraction of sp³-hybridized carbons (Fsp3) is 0.684. The molecule has 3 atom stereocenters. The van der Waals surface area contributed by atoms with Crippen LogP contribution >= 0.6 is 0 Å². The lowest BCUT2D eigenvalue weighted by Gasteiger charge is -2.50. The monoisotopic (exact) mass is 400 g/mol. The Balaban J connectivity index is 2.01. The number of quaternary nitrogens is 1. The van der Waals surface area contributed by atoms with Crippen LogP contribution in [0.5, 0.6) is 0 Å². The number of nitrogens with zero attached hydrogens (tertiary/aromatic N) is 1. The van der Waals surface area contributed by atoms with Crippen LogP contribution in [0.2, 0.25) is 0 Å². The summed E-state index contributed by atoms with van der Waals surface area (Å²) in [7, 11) is -4.91. The Labute approximate surface area is 162 Å². The van der Waals surface area contributed by atoms with Gasteiger partial charge in [0.25, 0.3) is 0 Å². The standard InChI is InChI=1S/C19H31NO6S/c1-2-3-4-5-6-7-11-17(26-27(23,24)25)15-20(22)14-13-16-10-8-9-12-18(16)19(20)21/h8-10,12,17,19,21H,2-7,11,13-15H2,1H3,(H,23,24,25)/p-1. The fourth-order valence-corrected chi connectivity index (χ4v) is 4.21. The number of aliphatic hydroxyl groups is 1. The number of hydrogen-bond acceptors (Lipinski definition) is 6. The highest BCUT2D eigenvalue weighted by atomic mass is 32.3. The molecule has 1 heterocycles. The SMILES string of the molecule is CCCCCCCCC(C[N+]1([O-])CCc2ccccc2C1O)OS(=O)(=O)[O-]. The zero-order valence-electron chi connectivity index (χ0n) is 15.9. The van der Waals surface area contributed by atoms with Crippen molar-refractivity contribution in [3.05, 3.63) is 40.6 Å². The maximum Gasteiger partial charge on any atom is 0.218 e. The van der Waals surface area contributed by atoms with Crippen LogP contribution in [-0.4, -0.2) is 41.9 Å². The molecule has 1 aromatic rings. The average molecular weight is 401 g/mol. The summed E-state index contributed by atoms with van der Waals surface area (Å²) in [5, 5.41) is 23.8. The largest absolute Gasteiger partial charge is 0.726 e. The van der Waals surface area contributed by atoms with Crippen molar-refractivity contribution in [1.29, 1.82) is 0 Å². The van der Waals surface area contributed by atoms with E-state index in [-0.39, 0.29) is 13.1 Å². The van der Waals surface area contributed by atoms with Crippen molar-refractivity contribution in [3.8, 4) is 0 Å². The van der Waals surface area contributed by atoms with E-state index in [9.17, 15) is 23.3 Å². The van der Waals surface area contributed by atoms with E-state index in [4.69, 9.17) is 0 Å². The summed E-state index contributed by atoms with van der Waals surface area (Å²) in [6.07, 6.45) is 4.47. The minimum Gasteiger partial charge on any atom is -0.726 e. The van der Waals surface area contributed by atoms with Crippen LogP contribution in [-0.2, 0) is 21.0 Å².